The third-order valence-electron chi connectivity index (χ3n) is 4.67. The van der Waals surface area contributed by atoms with Gasteiger partial charge in [-0.3, -0.25) is 9.59 Å². The van der Waals surface area contributed by atoms with Crippen LogP contribution in [0.3, 0.4) is 0 Å². The number of aliphatic hydroxyl groups excluding tert-OH is 1. The molecule has 0 unspecified atom stereocenters. The van der Waals surface area contributed by atoms with Gasteiger partial charge in [-0.1, -0.05) is 37.3 Å². The fraction of sp³-hybridized carbons (Fsp3) is 0.273. The molecule has 0 bridgehead atoms. The minimum Gasteiger partial charge on any atom is -0.395 e. The molecule has 0 aliphatic carbocycles. The van der Waals surface area contributed by atoms with Crippen LogP contribution in [-0.2, 0) is 6.54 Å². The molecule has 0 aliphatic heterocycles. The summed E-state index contributed by atoms with van der Waals surface area (Å²) in [4.78, 5) is 27.2. The van der Waals surface area contributed by atoms with Gasteiger partial charge >= 0.3 is 0 Å². The normalized spacial score (nSPS) is 11.2. The van der Waals surface area contributed by atoms with E-state index in [2.05, 4.69) is 15.6 Å². The van der Waals surface area contributed by atoms with Crippen molar-refractivity contribution in [2.24, 2.45) is 5.10 Å². The number of aromatic nitrogens is 2. The number of aryl methyl sites for hydroxylation is 1. The Morgan fingerprint density at radius 1 is 1.20 bits per heavy atom. The summed E-state index contributed by atoms with van der Waals surface area (Å²) in [6, 6.07) is 14.5. The molecule has 2 N–H and O–H groups in total. The van der Waals surface area contributed by atoms with Crippen LogP contribution in [0.5, 0.6) is 0 Å². The van der Waals surface area contributed by atoms with Gasteiger partial charge in [-0.15, -0.1) is 0 Å². The first-order chi connectivity index (χ1) is 14.5. The molecule has 3 rings (SSSR count). The second-order valence-corrected chi connectivity index (χ2v) is 6.86. The third-order valence-corrected chi connectivity index (χ3v) is 4.67. The number of hydrogen-bond donors (Lipinski definition) is 2. The van der Waals surface area contributed by atoms with Crippen molar-refractivity contribution in [3.8, 4) is 0 Å². The summed E-state index contributed by atoms with van der Waals surface area (Å²) in [7, 11) is 1.90. The SMILES string of the molecule is CCCn1nc(C(=O)N/N=C\c2ccc(N(C)CCO)cc2)c2ccccc2c1=O. The van der Waals surface area contributed by atoms with Gasteiger partial charge in [-0.2, -0.15) is 10.2 Å². The molecule has 0 saturated carbocycles. The molecule has 0 aliphatic rings. The maximum absolute atomic E-state index is 12.7. The van der Waals surface area contributed by atoms with Gasteiger partial charge in [-0.25, -0.2) is 10.1 Å². The van der Waals surface area contributed by atoms with E-state index in [-0.39, 0.29) is 17.9 Å². The van der Waals surface area contributed by atoms with E-state index in [9.17, 15) is 9.59 Å². The van der Waals surface area contributed by atoms with E-state index >= 15 is 0 Å². The molecule has 0 saturated heterocycles. The van der Waals surface area contributed by atoms with E-state index in [0.29, 0.717) is 23.9 Å². The maximum atomic E-state index is 12.7. The average Bonchev–Trinajstić information content (AvgIpc) is 2.76. The summed E-state index contributed by atoms with van der Waals surface area (Å²) >= 11 is 0. The largest absolute Gasteiger partial charge is 0.395 e. The van der Waals surface area contributed by atoms with Crippen molar-refractivity contribution in [2.75, 3.05) is 25.1 Å². The van der Waals surface area contributed by atoms with Gasteiger partial charge in [0.2, 0.25) is 0 Å². The van der Waals surface area contributed by atoms with E-state index < -0.39 is 5.91 Å². The molecule has 3 aromatic rings. The zero-order chi connectivity index (χ0) is 21.5. The molecule has 2 aromatic carbocycles. The summed E-state index contributed by atoms with van der Waals surface area (Å²) in [6.07, 6.45) is 2.27. The van der Waals surface area contributed by atoms with Gasteiger partial charge < -0.3 is 10.0 Å². The Labute approximate surface area is 174 Å². The minimum absolute atomic E-state index is 0.0834. The van der Waals surface area contributed by atoms with E-state index in [1.807, 2.05) is 43.1 Å². The molecular weight excluding hydrogens is 382 g/mol. The number of fused-ring (bicyclic) bond motifs is 1. The Bertz CT molecular complexity index is 1110. The fourth-order valence-corrected chi connectivity index (χ4v) is 3.08. The van der Waals surface area contributed by atoms with E-state index in [0.717, 1.165) is 17.7 Å². The highest BCUT2D eigenvalue weighted by Crippen LogP contribution is 2.14. The molecule has 1 aromatic heterocycles. The first-order valence-electron chi connectivity index (χ1n) is 9.80. The summed E-state index contributed by atoms with van der Waals surface area (Å²) in [5.41, 5.74) is 4.23. The van der Waals surface area contributed by atoms with E-state index in [1.165, 1.54) is 10.9 Å². The minimum atomic E-state index is -0.480. The number of aliphatic hydroxyl groups is 1. The van der Waals surface area contributed by atoms with Gasteiger partial charge in [-0.05, 0) is 30.2 Å². The van der Waals surface area contributed by atoms with Crippen molar-refractivity contribution in [3.05, 3.63) is 70.1 Å². The van der Waals surface area contributed by atoms with Crippen molar-refractivity contribution in [2.45, 2.75) is 19.9 Å². The summed E-state index contributed by atoms with van der Waals surface area (Å²) < 4.78 is 1.32. The van der Waals surface area contributed by atoms with Crippen molar-refractivity contribution in [1.82, 2.24) is 15.2 Å². The first-order valence-corrected chi connectivity index (χ1v) is 9.80. The summed E-state index contributed by atoms with van der Waals surface area (Å²) in [5.74, 6) is -0.480. The number of nitrogens with one attached hydrogen (secondary N) is 1. The molecule has 156 valence electrons. The van der Waals surface area contributed by atoms with Crippen LogP contribution >= 0.6 is 0 Å². The van der Waals surface area contributed by atoms with Crippen LogP contribution in [0.15, 0.2) is 58.4 Å². The number of anilines is 1. The number of nitrogens with zero attached hydrogens (tertiary/aromatic N) is 4. The Balaban J connectivity index is 1.78. The van der Waals surface area contributed by atoms with Gasteiger partial charge in [0.1, 0.15) is 0 Å². The zero-order valence-electron chi connectivity index (χ0n) is 17.1. The number of likely N-dealkylation sites (N-methyl/N-ethyl adjacent to an activating group) is 1. The highest BCUT2D eigenvalue weighted by Gasteiger charge is 2.16. The van der Waals surface area contributed by atoms with Crippen molar-refractivity contribution >= 4 is 28.6 Å². The Kier molecular flexibility index (Phi) is 6.92. The van der Waals surface area contributed by atoms with Gasteiger partial charge in [0.25, 0.3) is 11.5 Å². The van der Waals surface area contributed by atoms with E-state index in [1.54, 1.807) is 24.3 Å². The third kappa shape index (κ3) is 4.72. The lowest BCUT2D eigenvalue weighted by Gasteiger charge is -2.17. The predicted octanol–water partition coefficient (Wildman–Crippen LogP) is 2.00. The van der Waals surface area contributed by atoms with Crippen LogP contribution in [0.4, 0.5) is 5.69 Å². The highest BCUT2D eigenvalue weighted by atomic mass is 16.3. The van der Waals surface area contributed by atoms with Crippen LogP contribution in [0.2, 0.25) is 0 Å². The Morgan fingerprint density at radius 3 is 2.57 bits per heavy atom. The average molecular weight is 407 g/mol. The molecular formula is C22H25N5O3. The first kappa shape index (κ1) is 21.2. The van der Waals surface area contributed by atoms with Crippen LogP contribution in [0.1, 0.15) is 29.4 Å². The molecule has 8 nitrogen and oxygen atoms in total. The smallest absolute Gasteiger partial charge is 0.292 e. The summed E-state index contributed by atoms with van der Waals surface area (Å²) in [6.45, 7) is 3.01. The number of hydrogen-bond acceptors (Lipinski definition) is 6. The molecule has 0 atom stereocenters. The highest BCUT2D eigenvalue weighted by molar-refractivity contribution is 6.04. The second-order valence-electron chi connectivity index (χ2n) is 6.86. The molecule has 0 fully saturated rings. The Morgan fingerprint density at radius 2 is 1.90 bits per heavy atom. The molecule has 0 spiro atoms. The van der Waals surface area contributed by atoms with Gasteiger partial charge in [0.15, 0.2) is 5.69 Å². The molecule has 8 heteroatoms. The van der Waals surface area contributed by atoms with E-state index in [4.69, 9.17) is 5.11 Å². The lowest BCUT2D eigenvalue weighted by atomic mass is 10.1. The maximum Gasteiger partial charge on any atom is 0.292 e. The zero-order valence-corrected chi connectivity index (χ0v) is 17.1. The van der Waals surface area contributed by atoms with Crippen LogP contribution in [-0.4, -0.2) is 47.2 Å². The molecule has 30 heavy (non-hydrogen) atoms. The van der Waals surface area contributed by atoms with Crippen molar-refractivity contribution in [1.29, 1.82) is 0 Å². The standard InChI is InChI=1S/C22H25N5O3/c1-3-12-27-22(30)19-7-5-4-6-18(19)20(25-27)21(29)24-23-15-16-8-10-17(11-9-16)26(2)13-14-28/h4-11,15,28H,3,12-14H2,1-2H3,(H,24,29)/b23-15-. The number of rotatable bonds is 8. The number of benzene rings is 2. The van der Waals surface area contributed by atoms with Crippen LogP contribution in [0.25, 0.3) is 10.8 Å². The number of carbonyl (C=O) groups is 1. The fourth-order valence-electron chi connectivity index (χ4n) is 3.08. The number of carbonyl (C=O) groups excluding carboxylic acids is 1. The molecule has 1 heterocycles. The van der Waals surface area contributed by atoms with Crippen LogP contribution in [0, 0.1) is 0 Å². The topological polar surface area (TPSA) is 99.8 Å². The molecule has 1 amide bonds. The Hall–Kier alpha value is -3.52. The number of hydrazone groups is 1. The monoisotopic (exact) mass is 407 g/mol. The van der Waals surface area contributed by atoms with Gasteiger partial charge in [0, 0.05) is 31.2 Å². The lowest BCUT2D eigenvalue weighted by molar-refractivity contribution is 0.0949. The van der Waals surface area contributed by atoms with Crippen molar-refractivity contribution in [3.63, 3.8) is 0 Å². The van der Waals surface area contributed by atoms with Crippen molar-refractivity contribution < 1.29 is 9.90 Å². The number of amides is 1. The quantitative estimate of drug-likeness (QED) is 0.439. The van der Waals surface area contributed by atoms with Crippen LogP contribution < -0.4 is 15.9 Å². The molecule has 0 radical (unpaired) electrons. The predicted molar refractivity (Wildman–Crippen MR) is 118 cm³/mol. The van der Waals surface area contributed by atoms with Gasteiger partial charge in [0.05, 0.1) is 18.2 Å². The second kappa shape index (κ2) is 9.80. The summed E-state index contributed by atoms with van der Waals surface area (Å²) in [5, 5.41) is 18.3. The lowest BCUT2D eigenvalue weighted by Crippen LogP contribution is -2.29.